The van der Waals surface area contributed by atoms with E-state index in [1.165, 1.54) is 36.2 Å². The molecule has 0 saturated carbocycles. The zero-order valence-electron chi connectivity index (χ0n) is 31.6. The summed E-state index contributed by atoms with van der Waals surface area (Å²) in [5.41, 5.74) is 6.42. The Morgan fingerprint density at radius 1 is 1.02 bits per heavy atom. The van der Waals surface area contributed by atoms with Crippen LogP contribution < -0.4 is 32.6 Å². The number of fused-ring (bicyclic) bond motifs is 5. The number of aryl methyl sites for hydroxylation is 1. The highest BCUT2D eigenvalue weighted by molar-refractivity contribution is 7.99. The zero-order valence-corrected chi connectivity index (χ0v) is 32.4. The van der Waals surface area contributed by atoms with E-state index >= 15 is 0 Å². The smallest absolute Gasteiger partial charge is 0.343 e. The summed E-state index contributed by atoms with van der Waals surface area (Å²) in [5.74, 6) is -1.70. The Morgan fingerprint density at radius 2 is 1.73 bits per heavy atom. The number of cyclic esters (lactones) is 1. The Morgan fingerprint density at radius 3 is 2.44 bits per heavy atom. The third-order valence-corrected chi connectivity index (χ3v) is 10.9. The van der Waals surface area contributed by atoms with Gasteiger partial charge in [-0.2, -0.15) is 0 Å². The molecule has 0 unspecified atom stereocenters. The monoisotopic (exact) mass is 781 g/mol. The molecule has 0 aliphatic carbocycles. The molecule has 2 aliphatic rings. The molecule has 0 fully saturated rings. The number of nitrogens with two attached hydrogens (primary N) is 1. The van der Waals surface area contributed by atoms with E-state index in [-0.39, 0.29) is 55.5 Å². The molecular formula is C38H48FN7O8S. The maximum atomic E-state index is 14.8. The molecule has 2 aromatic heterocycles. The third-order valence-electron chi connectivity index (χ3n) is 10.0. The van der Waals surface area contributed by atoms with E-state index < -0.39 is 52.9 Å². The molecule has 2 aliphatic heterocycles. The number of unbranched alkanes of at least 4 members (excludes halogenated alkanes) is 2. The molecule has 296 valence electrons. The highest BCUT2D eigenvalue weighted by Gasteiger charge is 2.45. The van der Waals surface area contributed by atoms with Crippen molar-refractivity contribution in [3.05, 3.63) is 62.2 Å². The maximum Gasteiger partial charge on any atom is 0.343 e. The minimum Gasteiger partial charge on any atom is -0.458 e. The van der Waals surface area contributed by atoms with Gasteiger partial charge in [0.05, 0.1) is 40.9 Å². The molecule has 0 spiro atoms. The van der Waals surface area contributed by atoms with Crippen molar-refractivity contribution in [1.29, 1.82) is 0 Å². The lowest BCUT2D eigenvalue weighted by Crippen LogP contribution is -2.53. The third kappa shape index (κ3) is 8.84. The SMILES string of the molecule is CC[C@@]1(O)C(=O)OCc2c1cc1n(c2=O)Cc2c-1nc1cc(F)c(C)cc1c2CNC(=O)CCCCCSCNC(=O)[C@H](C)NC(=O)[C@H](C)NC(=O)[C@H](C)N. The zero-order chi connectivity index (χ0) is 40.2. The number of benzene rings is 1. The van der Waals surface area contributed by atoms with Gasteiger partial charge in [0.25, 0.3) is 5.56 Å². The fourth-order valence-electron chi connectivity index (χ4n) is 6.60. The number of hydrogen-bond donors (Lipinski definition) is 6. The van der Waals surface area contributed by atoms with Crippen molar-refractivity contribution in [1.82, 2.24) is 30.8 Å². The summed E-state index contributed by atoms with van der Waals surface area (Å²) >= 11 is 1.51. The van der Waals surface area contributed by atoms with Crippen LogP contribution in [0.3, 0.4) is 0 Å². The van der Waals surface area contributed by atoms with Crippen molar-refractivity contribution in [2.75, 3.05) is 11.6 Å². The molecule has 3 aromatic rings. The molecule has 0 saturated heterocycles. The Balaban J connectivity index is 1.13. The minimum atomic E-state index is -1.98. The summed E-state index contributed by atoms with van der Waals surface area (Å²) in [5, 5.41) is 22.6. The number of carbonyl (C=O) groups is 5. The van der Waals surface area contributed by atoms with Crippen LogP contribution in [0.15, 0.2) is 23.0 Å². The van der Waals surface area contributed by atoms with E-state index in [0.717, 1.165) is 18.6 Å². The number of amides is 4. The van der Waals surface area contributed by atoms with Gasteiger partial charge in [-0.05, 0) is 76.0 Å². The van der Waals surface area contributed by atoms with Gasteiger partial charge < -0.3 is 41.4 Å². The molecule has 5 rings (SSSR count). The second-order valence-corrected chi connectivity index (χ2v) is 15.2. The Hall–Kier alpha value is -4.87. The van der Waals surface area contributed by atoms with Gasteiger partial charge in [-0.1, -0.05) is 13.3 Å². The molecule has 17 heteroatoms. The van der Waals surface area contributed by atoms with E-state index in [1.54, 1.807) is 32.9 Å². The molecule has 4 atom stereocenters. The van der Waals surface area contributed by atoms with Crippen molar-refractivity contribution < 1.29 is 38.2 Å². The Kier molecular flexibility index (Phi) is 13.0. The summed E-state index contributed by atoms with van der Waals surface area (Å²) in [7, 11) is 0. The van der Waals surface area contributed by atoms with Gasteiger partial charge in [0.1, 0.15) is 24.5 Å². The molecule has 55 heavy (non-hydrogen) atoms. The van der Waals surface area contributed by atoms with Crippen molar-refractivity contribution in [3.63, 3.8) is 0 Å². The van der Waals surface area contributed by atoms with Crippen LogP contribution in [0.4, 0.5) is 4.39 Å². The molecule has 1 aromatic carbocycles. The van der Waals surface area contributed by atoms with Gasteiger partial charge in [0.15, 0.2) is 5.60 Å². The van der Waals surface area contributed by atoms with Crippen LogP contribution in [0.1, 0.15) is 87.6 Å². The second kappa shape index (κ2) is 17.3. The average Bonchev–Trinajstić information content (AvgIpc) is 3.51. The van der Waals surface area contributed by atoms with Crippen LogP contribution in [-0.4, -0.2) is 74.0 Å². The first-order valence-electron chi connectivity index (χ1n) is 18.3. The summed E-state index contributed by atoms with van der Waals surface area (Å²) in [6.45, 7) is 7.82. The fourth-order valence-corrected chi connectivity index (χ4v) is 7.39. The van der Waals surface area contributed by atoms with E-state index in [2.05, 4.69) is 21.3 Å². The number of ether oxygens (including phenoxy) is 1. The highest BCUT2D eigenvalue weighted by Crippen LogP contribution is 2.40. The van der Waals surface area contributed by atoms with Gasteiger partial charge in [0.2, 0.25) is 23.6 Å². The summed E-state index contributed by atoms with van der Waals surface area (Å²) in [6.07, 6.45) is 2.49. The summed E-state index contributed by atoms with van der Waals surface area (Å²) < 4.78 is 21.5. The number of nitrogens with one attached hydrogen (secondary N) is 4. The predicted octanol–water partition coefficient (Wildman–Crippen LogP) is 1.87. The molecule has 0 bridgehead atoms. The molecule has 15 nitrogen and oxygen atoms in total. The number of carbonyl (C=O) groups excluding carboxylic acids is 5. The van der Waals surface area contributed by atoms with E-state index in [9.17, 15) is 38.3 Å². The number of esters is 1. The number of hydrogen-bond acceptors (Lipinski definition) is 11. The topological polar surface area (TPSA) is 224 Å². The number of nitrogens with zero attached hydrogens (tertiary/aromatic N) is 2. The van der Waals surface area contributed by atoms with E-state index in [1.807, 2.05) is 0 Å². The normalized spacial score (nSPS) is 17.3. The van der Waals surface area contributed by atoms with Crippen molar-refractivity contribution in [2.45, 2.75) is 110 Å². The molecule has 7 N–H and O–H groups in total. The van der Waals surface area contributed by atoms with Crippen LogP contribution in [-0.2, 0) is 54.0 Å². The largest absolute Gasteiger partial charge is 0.458 e. The van der Waals surface area contributed by atoms with Crippen molar-refractivity contribution in [3.8, 4) is 11.4 Å². The maximum absolute atomic E-state index is 14.8. The number of aromatic nitrogens is 2. The molecule has 4 amide bonds. The van der Waals surface area contributed by atoms with Gasteiger partial charge in [-0.15, -0.1) is 11.8 Å². The number of pyridine rings is 2. The van der Waals surface area contributed by atoms with E-state index in [0.29, 0.717) is 51.3 Å². The Labute approximate surface area is 321 Å². The Bertz CT molecular complexity index is 2090. The summed E-state index contributed by atoms with van der Waals surface area (Å²) in [6, 6.07) is 2.20. The lowest BCUT2D eigenvalue weighted by atomic mass is 9.86. The first-order chi connectivity index (χ1) is 26.1. The fraction of sp³-hybridized carbons (Fsp3) is 0.500. The van der Waals surface area contributed by atoms with Crippen molar-refractivity contribution in [2.24, 2.45) is 5.73 Å². The van der Waals surface area contributed by atoms with Gasteiger partial charge in [-0.25, -0.2) is 14.2 Å². The van der Waals surface area contributed by atoms with Gasteiger partial charge in [-0.3, -0.25) is 24.0 Å². The van der Waals surface area contributed by atoms with Crippen LogP contribution >= 0.6 is 11.8 Å². The van der Waals surface area contributed by atoms with Gasteiger partial charge in [0, 0.05) is 35.5 Å². The standard InChI is InChI=1S/C38H48FN7O8S/c1-6-38(53)27-13-30-32-25(16-46(30)36(51)26(27)17-54-37(38)52)24(23-12-19(2)28(39)14-29(23)45-32)15-41-31(47)10-8-7-9-11-55-18-42-34(49)21(4)44-35(50)22(5)43-33(48)20(3)40/h12-14,20-22,53H,6-11,15-18,40H2,1-5H3,(H,41,47)(H,42,49)(H,43,48)(H,44,50)/t20-,21-,22-,38-/m0/s1. The van der Waals surface area contributed by atoms with Crippen molar-refractivity contribution >= 4 is 52.3 Å². The lowest BCUT2D eigenvalue weighted by molar-refractivity contribution is -0.172. The molecule has 4 heterocycles. The van der Waals surface area contributed by atoms with Gasteiger partial charge >= 0.3 is 5.97 Å². The average molecular weight is 782 g/mol. The lowest BCUT2D eigenvalue weighted by Gasteiger charge is -2.31. The van der Waals surface area contributed by atoms with Crippen LogP contribution in [0.25, 0.3) is 22.3 Å². The molecular weight excluding hydrogens is 734 g/mol. The van der Waals surface area contributed by atoms with E-state index in [4.69, 9.17) is 15.5 Å². The second-order valence-electron chi connectivity index (χ2n) is 14.1. The first-order valence-corrected chi connectivity index (χ1v) is 19.5. The number of halogens is 1. The highest BCUT2D eigenvalue weighted by atomic mass is 32.2. The molecule has 0 radical (unpaired) electrons. The van der Waals surface area contributed by atoms with Crippen LogP contribution in [0.5, 0.6) is 0 Å². The quantitative estimate of drug-likeness (QED) is 0.0547. The number of rotatable bonds is 16. The first kappa shape index (κ1) is 41.3. The van der Waals surface area contributed by atoms with Crippen LogP contribution in [0, 0.1) is 12.7 Å². The minimum absolute atomic E-state index is 0.000261. The van der Waals surface area contributed by atoms with Crippen LogP contribution in [0.2, 0.25) is 0 Å². The number of aliphatic hydroxyl groups is 1. The predicted molar refractivity (Wildman–Crippen MR) is 204 cm³/mol. The summed E-state index contributed by atoms with van der Waals surface area (Å²) in [4.78, 5) is 80.4. The number of thioether (sulfide) groups is 1.